The molecule has 0 aliphatic rings. The van der Waals surface area contributed by atoms with Gasteiger partial charge >= 0.3 is 6.09 Å². The van der Waals surface area contributed by atoms with Crippen molar-refractivity contribution in [3.63, 3.8) is 0 Å². The summed E-state index contributed by atoms with van der Waals surface area (Å²) in [5.74, 6) is 0.115. The first-order chi connectivity index (χ1) is 8.83. The van der Waals surface area contributed by atoms with Crippen LogP contribution in [0.25, 0.3) is 11.0 Å². The Labute approximate surface area is 118 Å². The topological polar surface area (TPSA) is 77.0 Å². The normalized spacial score (nSPS) is 11.4. The highest BCUT2D eigenvalue weighted by Gasteiger charge is 2.17. The Morgan fingerprint density at radius 3 is 2.68 bits per heavy atom. The Balaban J connectivity index is 2.18. The van der Waals surface area contributed by atoms with Crippen LogP contribution in [0.5, 0.6) is 0 Å². The summed E-state index contributed by atoms with van der Waals surface area (Å²) in [5, 5.41) is 10.3. The third-order valence-electron chi connectivity index (χ3n) is 2.03. The number of aromatic nitrogens is 3. The van der Waals surface area contributed by atoms with Crippen molar-refractivity contribution in [2.75, 3.05) is 5.32 Å². The maximum absolute atomic E-state index is 11.6. The summed E-state index contributed by atoms with van der Waals surface area (Å²) in [6, 6.07) is 5.43. The molecule has 0 atom stereocenters. The predicted molar refractivity (Wildman–Crippen MR) is 74.9 cm³/mol. The fourth-order valence-electron chi connectivity index (χ4n) is 1.36. The molecule has 19 heavy (non-hydrogen) atoms. The number of halogens is 1. The molecule has 0 bridgehead atoms. The predicted octanol–water partition coefficient (Wildman–Crippen LogP) is 3.13. The van der Waals surface area contributed by atoms with Gasteiger partial charge in [-0.15, -0.1) is 10.2 Å². The zero-order chi connectivity index (χ0) is 14.0. The molecular weight excluding hydrogens is 312 g/mol. The van der Waals surface area contributed by atoms with Gasteiger partial charge in [0, 0.05) is 4.47 Å². The minimum atomic E-state index is -0.606. The number of nitrogens with one attached hydrogen (secondary N) is 1. The summed E-state index contributed by atoms with van der Waals surface area (Å²) in [4.78, 5) is 15.7. The van der Waals surface area contributed by atoms with Gasteiger partial charge in [-0.3, -0.25) is 5.32 Å². The Bertz CT molecular complexity index is 625. The molecule has 0 radical (unpaired) electrons. The zero-order valence-electron chi connectivity index (χ0n) is 10.8. The highest BCUT2D eigenvalue weighted by atomic mass is 79.9. The molecule has 1 N–H and O–H groups in total. The molecule has 0 fully saturated rings. The monoisotopic (exact) mass is 324 g/mol. The number of anilines is 1. The van der Waals surface area contributed by atoms with Crippen LogP contribution in [0.4, 0.5) is 10.7 Å². The molecule has 1 aromatic carbocycles. The molecule has 0 aliphatic carbocycles. The van der Waals surface area contributed by atoms with Gasteiger partial charge < -0.3 is 4.74 Å². The maximum Gasteiger partial charge on any atom is 0.414 e. The molecule has 6 nitrogen and oxygen atoms in total. The Hall–Kier alpha value is -1.76. The molecule has 2 rings (SSSR count). The van der Waals surface area contributed by atoms with Crippen molar-refractivity contribution >= 4 is 39.0 Å². The molecule has 1 heterocycles. The molecule has 1 amide bonds. The lowest BCUT2D eigenvalue weighted by atomic mass is 10.2. The van der Waals surface area contributed by atoms with Crippen molar-refractivity contribution in [1.29, 1.82) is 0 Å². The molecule has 0 spiro atoms. The zero-order valence-corrected chi connectivity index (χ0v) is 12.4. The van der Waals surface area contributed by atoms with E-state index >= 15 is 0 Å². The molecule has 0 saturated heterocycles. The minimum Gasteiger partial charge on any atom is -0.444 e. The average Bonchev–Trinajstić information content (AvgIpc) is 2.26. The fourth-order valence-corrected chi connectivity index (χ4v) is 1.71. The van der Waals surface area contributed by atoms with Crippen molar-refractivity contribution < 1.29 is 9.53 Å². The summed E-state index contributed by atoms with van der Waals surface area (Å²) >= 11 is 3.34. The number of benzene rings is 1. The molecule has 7 heteroatoms. The smallest absolute Gasteiger partial charge is 0.414 e. The van der Waals surface area contributed by atoms with Gasteiger partial charge in [0.25, 0.3) is 5.95 Å². The second-order valence-corrected chi connectivity index (χ2v) is 5.81. The van der Waals surface area contributed by atoms with Crippen LogP contribution >= 0.6 is 15.9 Å². The van der Waals surface area contributed by atoms with Gasteiger partial charge in [0.05, 0.1) is 5.52 Å². The van der Waals surface area contributed by atoms with Gasteiger partial charge in [-0.1, -0.05) is 15.9 Å². The number of carbonyl (C=O) groups excluding carboxylic acids is 1. The summed E-state index contributed by atoms with van der Waals surface area (Å²) in [6.45, 7) is 5.34. The highest BCUT2D eigenvalue weighted by Crippen LogP contribution is 2.17. The van der Waals surface area contributed by atoms with Gasteiger partial charge in [0.2, 0.25) is 0 Å². The van der Waals surface area contributed by atoms with E-state index in [0.29, 0.717) is 11.0 Å². The Morgan fingerprint density at radius 1 is 1.26 bits per heavy atom. The van der Waals surface area contributed by atoms with Crippen LogP contribution in [0, 0.1) is 0 Å². The highest BCUT2D eigenvalue weighted by molar-refractivity contribution is 9.10. The van der Waals surface area contributed by atoms with Crippen molar-refractivity contribution in [2.24, 2.45) is 0 Å². The van der Waals surface area contributed by atoms with E-state index in [-0.39, 0.29) is 5.95 Å². The molecule has 0 aliphatic heterocycles. The van der Waals surface area contributed by atoms with E-state index in [0.717, 1.165) is 4.47 Å². The summed E-state index contributed by atoms with van der Waals surface area (Å²) in [6.07, 6.45) is -0.606. The van der Waals surface area contributed by atoms with Crippen LogP contribution in [0.15, 0.2) is 22.7 Å². The number of hydrogen-bond acceptors (Lipinski definition) is 5. The second-order valence-electron chi connectivity index (χ2n) is 4.90. The van der Waals surface area contributed by atoms with Crippen LogP contribution in [0.3, 0.4) is 0 Å². The number of rotatable bonds is 1. The van der Waals surface area contributed by atoms with E-state index in [4.69, 9.17) is 4.74 Å². The number of fused-ring (bicyclic) bond motifs is 1. The third-order valence-corrected chi connectivity index (χ3v) is 2.52. The second kappa shape index (κ2) is 5.08. The lowest BCUT2D eigenvalue weighted by Crippen LogP contribution is -2.27. The van der Waals surface area contributed by atoms with Crippen LogP contribution < -0.4 is 5.32 Å². The number of ether oxygens (including phenoxy) is 1. The van der Waals surface area contributed by atoms with Gasteiger partial charge in [0.15, 0.2) is 0 Å². The van der Waals surface area contributed by atoms with Crippen LogP contribution in [-0.2, 0) is 4.74 Å². The molecule has 0 unspecified atom stereocenters. The van der Waals surface area contributed by atoms with Crippen molar-refractivity contribution in [2.45, 2.75) is 26.4 Å². The SMILES string of the molecule is CC(C)(C)OC(=O)Nc1nnc2cc(Br)ccc2n1. The first-order valence-electron chi connectivity index (χ1n) is 5.63. The number of carbonyl (C=O) groups is 1. The van der Waals surface area contributed by atoms with Crippen LogP contribution in [-0.4, -0.2) is 26.9 Å². The lowest BCUT2D eigenvalue weighted by molar-refractivity contribution is 0.0634. The van der Waals surface area contributed by atoms with Gasteiger partial charge in [-0.25, -0.2) is 9.78 Å². The van der Waals surface area contributed by atoms with E-state index < -0.39 is 11.7 Å². The fraction of sp³-hybridized carbons (Fsp3) is 0.333. The summed E-state index contributed by atoms with van der Waals surface area (Å²) in [7, 11) is 0. The number of hydrogen-bond donors (Lipinski definition) is 1. The largest absolute Gasteiger partial charge is 0.444 e. The number of amides is 1. The van der Waals surface area contributed by atoms with Crippen molar-refractivity contribution in [3.05, 3.63) is 22.7 Å². The average molecular weight is 325 g/mol. The standard InChI is InChI=1S/C12H13BrN4O2/c1-12(2,3)19-11(18)15-10-14-8-5-4-7(13)6-9(8)16-17-10/h4-6H,1-3H3,(H,14,15,17,18). The molecule has 0 saturated carbocycles. The molecular formula is C12H13BrN4O2. The van der Waals surface area contributed by atoms with Gasteiger partial charge in [-0.05, 0) is 39.0 Å². The van der Waals surface area contributed by atoms with Crippen molar-refractivity contribution in [3.8, 4) is 0 Å². The summed E-state index contributed by atoms with van der Waals surface area (Å²) in [5.41, 5.74) is 0.715. The van der Waals surface area contributed by atoms with Crippen molar-refractivity contribution in [1.82, 2.24) is 15.2 Å². The quantitative estimate of drug-likeness (QED) is 0.871. The summed E-state index contributed by atoms with van der Waals surface area (Å²) < 4.78 is 6.00. The minimum absolute atomic E-state index is 0.115. The van der Waals surface area contributed by atoms with Gasteiger partial charge in [0.1, 0.15) is 11.1 Å². The maximum atomic E-state index is 11.6. The van der Waals surface area contributed by atoms with Crippen LogP contribution in [0.1, 0.15) is 20.8 Å². The van der Waals surface area contributed by atoms with E-state index in [1.54, 1.807) is 32.9 Å². The van der Waals surface area contributed by atoms with Crippen LogP contribution in [0.2, 0.25) is 0 Å². The molecule has 1 aromatic heterocycles. The van der Waals surface area contributed by atoms with E-state index in [2.05, 4.69) is 36.4 Å². The Morgan fingerprint density at radius 2 is 2.00 bits per heavy atom. The number of nitrogens with zero attached hydrogens (tertiary/aromatic N) is 3. The van der Waals surface area contributed by atoms with E-state index in [1.165, 1.54) is 0 Å². The van der Waals surface area contributed by atoms with Gasteiger partial charge in [-0.2, -0.15) is 0 Å². The first-order valence-corrected chi connectivity index (χ1v) is 6.43. The first kappa shape index (κ1) is 13.7. The Kier molecular flexibility index (Phi) is 3.66. The molecule has 100 valence electrons. The lowest BCUT2D eigenvalue weighted by Gasteiger charge is -2.19. The van der Waals surface area contributed by atoms with E-state index in [9.17, 15) is 4.79 Å². The third kappa shape index (κ3) is 3.85. The van der Waals surface area contributed by atoms with E-state index in [1.807, 2.05) is 6.07 Å². The molecule has 2 aromatic rings.